The van der Waals surface area contributed by atoms with Gasteiger partial charge in [0.1, 0.15) is 5.75 Å². The van der Waals surface area contributed by atoms with Crippen molar-refractivity contribution in [2.24, 2.45) is 5.92 Å². The molecule has 2 amide bonds. The number of rotatable bonds is 4. The normalized spacial score (nSPS) is 14.2. The third-order valence-corrected chi connectivity index (χ3v) is 2.80. The summed E-state index contributed by atoms with van der Waals surface area (Å²) in [6, 6.07) is 7.30. The highest BCUT2D eigenvalue weighted by molar-refractivity contribution is 5.93. The standard InChI is InChI=1S/C14H16N2O3/c1-19-12-7-2-10(3-8-12)4-9-13(17)15-16-14(18)11-5-6-11/h2-4,7-9,11H,5-6H2,1H3,(H,15,17)(H,16,18)/b9-4+. The van der Waals surface area contributed by atoms with Crippen LogP contribution >= 0.6 is 0 Å². The number of ether oxygens (including phenoxy) is 1. The Morgan fingerprint density at radius 1 is 1.21 bits per heavy atom. The van der Waals surface area contributed by atoms with Crippen LogP contribution in [-0.4, -0.2) is 18.9 Å². The minimum Gasteiger partial charge on any atom is -0.497 e. The van der Waals surface area contributed by atoms with Crippen LogP contribution in [0.15, 0.2) is 30.3 Å². The number of methoxy groups -OCH3 is 1. The van der Waals surface area contributed by atoms with Crippen molar-refractivity contribution in [2.45, 2.75) is 12.8 Å². The second-order valence-corrected chi connectivity index (χ2v) is 4.36. The monoisotopic (exact) mass is 260 g/mol. The molecule has 0 heterocycles. The lowest BCUT2D eigenvalue weighted by molar-refractivity contribution is -0.127. The third-order valence-electron chi connectivity index (χ3n) is 2.80. The Kier molecular flexibility index (Phi) is 4.18. The molecule has 0 aliphatic heterocycles. The highest BCUT2D eigenvalue weighted by atomic mass is 16.5. The van der Waals surface area contributed by atoms with E-state index in [4.69, 9.17) is 4.74 Å². The number of nitrogens with one attached hydrogen (secondary N) is 2. The number of hydrogen-bond acceptors (Lipinski definition) is 3. The lowest BCUT2D eigenvalue weighted by atomic mass is 10.2. The SMILES string of the molecule is COc1ccc(/C=C/C(=O)NNC(=O)C2CC2)cc1. The van der Waals surface area contributed by atoms with Gasteiger partial charge in [0.2, 0.25) is 5.91 Å². The van der Waals surface area contributed by atoms with E-state index in [-0.39, 0.29) is 17.7 Å². The van der Waals surface area contributed by atoms with Gasteiger partial charge in [-0.3, -0.25) is 20.4 Å². The van der Waals surface area contributed by atoms with Crippen LogP contribution in [0.5, 0.6) is 5.75 Å². The van der Waals surface area contributed by atoms with Crippen molar-refractivity contribution in [3.8, 4) is 5.75 Å². The maximum absolute atomic E-state index is 11.4. The number of carbonyl (C=O) groups excluding carboxylic acids is 2. The first kappa shape index (κ1) is 13.1. The smallest absolute Gasteiger partial charge is 0.262 e. The van der Waals surface area contributed by atoms with E-state index in [2.05, 4.69) is 10.9 Å². The molecule has 1 aromatic rings. The van der Waals surface area contributed by atoms with Crippen molar-refractivity contribution < 1.29 is 14.3 Å². The van der Waals surface area contributed by atoms with E-state index in [9.17, 15) is 9.59 Å². The maximum atomic E-state index is 11.4. The molecule has 2 N–H and O–H groups in total. The molecule has 1 aliphatic carbocycles. The molecule has 0 unspecified atom stereocenters. The molecule has 1 fully saturated rings. The molecule has 1 aromatic carbocycles. The molecule has 19 heavy (non-hydrogen) atoms. The Balaban J connectivity index is 1.79. The second kappa shape index (κ2) is 6.04. The van der Waals surface area contributed by atoms with E-state index in [1.54, 1.807) is 13.2 Å². The van der Waals surface area contributed by atoms with E-state index in [0.717, 1.165) is 24.2 Å². The van der Waals surface area contributed by atoms with Crippen molar-refractivity contribution in [3.05, 3.63) is 35.9 Å². The molecule has 100 valence electrons. The molecule has 5 nitrogen and oxygen atoms in total. The minimum atomic E-state index is -0.357. The van der Waals surface area contributed by atoms with Crippen LogP contribution < -0.4 is 15.6 Å². The van der Waals surface area contributed by atoms with Crippen LogP contribution in [0.2, 0.25) is 0 Å². The average molecular weight is 260 g/mol. The Morgan fingerprint density at radius 3 is 2.47 bits per heavy atom. The summed E-state index contributed by atoms with van der Waals surface area (Å²) in [6.45, 7) is 0. The summed E-state index contributed by atoms with van der Waals surface area (Å²) < 4.78 is 5.04. The zero-order valence-corrected chi connectivity index (χ0v) is 10.7. The molecule has 0 saturated heterocycles. The Hall–Kier alpha value is -2.30. The number of carbonyl (C=O) groups is 2. The van der Waals surface area contributed by atoms with Crippen molar-refractivity contribution in [3.63, 3.8) is 0 Å². The van der Waals surface area contributed by atoms with Gasteiger partial charge in [-0.25, -0.2) is 0 Å². The van der Waals surface area contributed by atoms with Gasteiger partial charge in [0.25, 0.3) is 5.91 Å². The van der Waals surface area contributed by atoms with Crippen LogP contribution in [0.4, 0.5) is 0 Å². The largest absolute Gasteiger partial charge is 0.497 e. The van der Waals surface area contributed by atoms with Gasteiger partial charge in [0.05, 0.1) is 7.11 Å². The predicted octanol–water partition coefficient (Wildman–Crippen LogP) is 1.27. The van der Waals surface area contributed by atoms with Crippen molar-refractivity contribution >= 4 is 17.9 Å². The fraction of sp³-hybridized carbons (Fsp3) is 0.286. The summed E-state index contributed by atoms with van der Waals surface area (Å²) in [6.07, 6.45) is 4.85. The highest BCUT2D eigenvalue weighted by Gasteiger charge is 2.29. The van der Waals surface area contributed by atoms with Crippen LogP contribution in [0.3, 0.4) is 0 Å². The Labute approximate surface area is 111 Å². The van der Waals surface area contributed by atoms with Gasteiger partial charge in [-0.15, -0.1) is 0 Å². The predicted molar refractivity (Wildman–Crippen MR) is 71.0 cm³/mol. The van der Waals surface area contributed by atoms with E-state index in [1.165, 1.54) is 6.08 Å². The van der Waals surface area contributed by atoms with E-state index in [1.807, 2.05) is 24.3 Å². The van der Waals surface area contributed by atoms with Gasteiger partial charge in [-0.2, -0.15) is 0 Å². The lowest BCUT2D eigenvalue weighted by Gasteiger charge is -2.03. The van der Waals surface area contributed by atoms with Gasteiger partial charge >= 0.3 is 0 Å². The van der Waals surface area contributed by atoms with Gasteiger partial charge < -0.3 is 4.74 Å². The Morgan fingerprint density at radius 2 is 1.89 bits per heavy atom. The first-order valence-corrected chi connectivity index (χ1v) is 6.11. The second-order valence-electron chi connectivity index (χ2n) is 4.36. The molecular weight excluding hydrogens is 244 g/mol. The van der Waals surface area contributed by atoms with Crippen LogP contribution in [0.25, 0.3) is 6.08 Å². The third kappa shape index (κ3) is 4.13. The highest BCUT2D eigenvalue weighted by Crippen LogP contribution is 2.28. The van der Waals surface area contributed by atoms with Crippen molar-refractivity contribution in [1.82, 2.24) is 10.9 Å². The molecule has 1 aliphatic rings. The molecule has 2 rings (SSSR count). The van der Waals surface area contributed by atoms with Crippen LogP contribution in [-0.2, 0) is 9.59 Å². The van der Waals surface area contributed by atoms with Gasteiger partial charge in [0.15, 0.2) is 0 Å². The quantitative estimate of drug-likeness (QED) is 0.632. The summed E-state index contributed by atoms with van der Waals surface area (Å²) in [5, 5.41) is 0. The first-order chi connectivity index (χ1) is 9.19. The number of amides is 2. The number of benzene rings is 1. The minimum absolute atomic E-state index is 0.0749. The van der Waals surface area contributed by atoms with Crippen LogP contribution in [0.1, 0.15) is 18.4 Å². The molecule has 0 bridgehead atoms. The fourth-order valence-electron chi connectivity index (χ4n) is 1.50. The van der Waals surface area contributed by atoms with E-state index < -0.39 is 0 Å². The maximum Gasteiger partial charge on any atom is 0.262 e. The van der Waals surface area contributed by atoms with E-state index >= 15 is 0 Å². The van der Waals surface area contributed by atoms with Crippen molar-refractivity contribution in [1.29, 1.82) is 0 Å². The molecule has 1 saturated carbocycles. The zero-order valence-electron chi connectivity index (χ0n) is 10.7. The fourth-order valence-corrected chi connectivity index (χ4v) is 1.50. The molecule has 0 radical (unpaired) electrons. The average Bonchev–Trinajstić information content (AvgIpc) is 3.27. The topological polar surface area (TPSA) is 67.4 Å². The Bertz CT molecular complexity index is 490. The molecule has 5 heteroatoms. The summed E-state index contributed by atoms with van der Waals surface area (Å²) >= 11 is 0. The van der Waals surface area contributed by atoms with Gasteiger partial charge in [0, 0.05) is 12.0 Å². The first-order valence-electron chi connectivity index (χ1n) is 6.11. The van der Waals surface area contributed by atoms with Gasteiger partial charge in [-0.05, 0) is 36.6 Å². The summed E-state index contributed by atoms with van der Waals surface area (Å²) in [5.74, 6) is 0.361. The number of hydrogen-bond donors (Lipinski definition) is 2. The van der Waals surface area contributed by atoms with Gasteiger partial charge in [-0.1, -0.05) is 12.1 Å². The summed E-state index contributed by atoms with van der Waals surface area (Å²) in [5.41, 5.74) is 5.61. The summed E-state index contributed by atoms with van der Waals surface area (Å²) in [7, 11) is 1.60. The molecular formula is C14H16N2O3. The number of hydrazine groups is 1. The zero-order chi connectivity index (χ0) is 13.7. The van der Waals surface area contributed by atoms with Crippen LogP contribution in [0, 0.1) is 5.92 Å². The molecule has 0 aromatic heterocycles. The van der Waals surface area contributed by atoms with E-state index in [0.29, 0.717) is 0 Å². The summed E-state index contributed by atoms with van der Waals surface area (Å²) in [4.78, 5) is 22.7. The van der Waals surface area contributed by atoms with Crippen molar-refractivity contribution in [2.75, 3.05) is 7.11 Å². The molecule has 0 atom stereocenters. The lowest BCUT2D eigenvalue weighted by Crippen LogP contribution is -2.41. The molecule has 0 spiro atoms.